The molecule has 3 aromatic rings. The number of aryl methyl sites for hydroxylation is 1. The van der Waals surface area contributed by atoms with Crippen LogP contribution in [-0.4, -0.2) is 18.2 Å². The van der Waals surface area contributed by atoms with Crippen LogP contribution in [-0.2, 0) is 16.6 Å². The maximum atomic E-state index is 12.4. The number of hydrogen-bond acceptors (Lipinski definition) is 4. The third-order valence-corrected chi connectivity index (χ3v) is 5.01. The van der Waals surface area contributed by atoms with Gasteiger partial charge in [0.05, 0.1) is 35.0 Å². The van der Waals surface area contributed by atoms with Crippen LogP contribution in [0, 0.1) is 18.3 Å². The summed E-state index contributed by atoms with van der Waals surface area (Å²) >= 11 is 0. The minimum absolute atomic E-state index is 0.201. The van der Waals surface area contributed by atoms with Gasteiger partial charge in [-0.25, -0.2) is 8.42 Å². The molecule has 6 nitrogen and oxygen atoms in total. The van der Waals surface area contributed by atoms with Gasteiger partial charge in [0.1, 0.15) is 0 Å². The molecule has 0 aliphatic carbocycles. The van der Waals surface area contributed by atoms with E-state index in [1.54, 1.807) is 53.3 Å². The number of sulfonamides is 1. The Morgan fingerprint density at radius 3 is 2.68 bits per heavy atom. The maximum Gasteiger partial charge on any atom is 0.261 e. The summed E-state index contributed by atoms with van der Waals surface area (Å²) < 4.78 is 28.9. The van der Waals surface area contributed by atoms with Gasteiger partial charge in [0, 0.05) is 6.20 Å². The van der Waals surface area contributed by atoms with Crippen molar-refractivity contribution >= 4 is 15.7 Å². The Kier molecular flexibility index (Phi) is 4.55. The average molecular weight is 352 g/mol. The van der Waals surface area contributed by atoms with Gasteiger partial charge in [-0.2, -0.15) is 10.4 Å². The average Bonchev–Trinajstić information content (AvgIpc) is 3.01. The van der Waals surface area contributed by atoms with Crippen LogP contribution in [0.2, 0.25) is 0 Å². The monoisotopic (exact) mass is 352 g/mol. The van der Waals surface area contributed by atoms with Crippen LogP contribution < -0.4 is 4.72 Å². The third kappa shape index (κ3) is 4.05. The lowest BCUT2D eigenvalue weighted by molar-refractivity contribution is 0.601. The summed E-state index contributed by atoms with van der Waals surface area (Å²) in [6, 6.07) is 15.9. The Bertz CT molecular complexity index is 1030. The van der Waals surface area contributed by atoms with Gasteiger partial charge in [0.15, 0.2) is 0 Å². The van der Waals surface area contributed by atoms with Gasteiger partial charge >= 0.3 is 0 Å². The highest BCUT2D eigenvalue weighted by Crippen LogP contribution is 2.16. The molecule has 126 valence electrons. The number of nitrogens with one attached hydrogen (secondary N) is 1. The van der Waals surface area contributed by atoms with Crippen LogP contribution in [0.25, 0.3) is 0 Å². The Hall–Kier alpha value is -3.11. The summed E-state index contributed by atoms with van der Waals surface area (Å²) in [5.41, 5.74) is 2.86. The molecule has 3 rings (SSSR count). The van der Waals surface area contributed by atoms with E-state index in [0.717, 1.165) is 11.1 Å². The van der Waals surface area contributed by atoms with Crippen molar-refractivity contribution in [3.63, 3.8) is 0 Å². The summed E-state index contributed by atoms with van der Waals surface area (Å²) in [6.07, 6.45) is 3.07. The predicted molar refractivity (Wildman–Crippen MR) is 94.5 cm³/mol. The molecular formula is C18H16N4O2S. The number of nitrogens with zero attached hydrogens (tertiary/aromatic N) is 3. The number of hydrogen-bond donors (Lipinski definition) is 1. The first-order chi connectivity index (χ1) is 12.0. The van der Waals surface area contributed by atoms with Crippen LogP contribution in [0.4, 0.5) is 5.69 Å². The first kappa shape index (κ1) is 16.7. The van der Waals surface area contributed by atoms with Crippen LogP contribution in [0.15, 0.2) is 65.8 Å². The zero-order chi connectivity index (χ0) is 17.9. The fourth-order valence-corrected chi connectivity index (χ4v) is 3.39. The van der Waals surface area contributed by atoms with E-state index in [4.69, 9.17) is 5.26 Å². The molecular weight excluding hydrogens is 336 g/mol. The number of rotatable bonds is 5. The molecule has 0 spiro atoms. The second-order valence-electron chi connectivity index (χ2n) is 5.66. The number of aromatic nitrogens is 2. The number of anilines is 1. The molecule has 1 aromatic heterocycles. The van der Waals surface area contributed by atoms with Crippen molar-refractivity contribution in [2.45, 2.75) is 18.4 Å². The smallest absolute Gasteiger partial charge is 0.261 e. The quantitative estimate of drug-likeness (QED) is 0.765. The van der Waals surface area contributed by atoms with Gasteiger partial charge in [-0.05, 0) is 36.8 Å². The van der Waals surface area contributed by atoms with Gasteiger partial charge in [0.25, 0.3) is 10.0 Å². The second kappa shape index (κ2) is 6.79. The standard InChI is InChI=1S/C18H16N4O2S/c1-14-5-7-18(8-6-14)25(23,24)21-17-11-20-22(13-17)12-16-4-2-3-15(9-16)10-19/h2-9,11,13,21H,12H2,1H3. The minimum Gasteiger partial charge on any atom is -0.276 e. The van der Waals surface area contributed by atoms with E-state index in [9.17, 15) is 8.42 Å². The summed E-state index contributed by atoms with van der Waals surface area (Å²) in [5, 5.41) is 13.1. The summed E-state index contributed by atoms with van der Waals surface area (Å²) in [6.45, 7) is 2.34. The molecule has 0 fully saturated rings. The van der Waals surface area contributed by atoms with Crippen LogP contribution >= 0.6 is 0 Å². The first-order valence-corrected chi connectivity index (χ1v) is 9.05. The molecule has 0 aliphatic rings. The minimum atomic E-state index is -3.65. The Morgan fingerprint density at radius 2 is 1.96 bits per heavy atom. The summed E-state index contributed by atoms with van der Waals surface area (Å²) in [7, 11) is -3.65. The molecule has 7 heteroatoms. The van der Waals surface area contributed by atoms with Gasteiger partial charge in [-0.15, -0.1) is 0 Å². The molecule has 0 amide bonds. The lowest BCUT2D eigenvalue weighted by Gasteiger charge is -2.06. The predicted octanol–water partition coefficient (Wildman–Crippen LogP) is 2.91. The van der Waals surface area contributed by atoms with Crippen molar-refractivity contribution in [2.75, 3.05) is 4.72 Å². The van der Waals surface area contributed by atoms with E-state index in [1.165, 1.54) is 6.20 Å². The SMILES string of the molecule is Cc1ccc(S(=O)(=O)Nc2cnn(Cc3cccc(C#N)c3)c2)cc1. The number of nitriles is 1. The summed E-state index contributed by atoms with van der Waals surface area (Å²) in [5.74, 6) is 0. The van der Waals surface area contributed by atoms with E-state index in [2.05, 4.69) is 15.9 Å². The van der Waals surface area contributed by atoms with Crippen molar-refractivity contribution in [3.8, 4) is 6.07 Å². The fraction of sp³-hybridized carbons (Fsp3) is 0.111. The van der Waals surface area contributed by atoms with E-state index in [0.29, 0.717) is 17.8 Å². The fourth-order valence-electron chi connectivity index (χ4n) is 2.36. The molecule has 0 saturated carbocycles. The van der Waals surface area contributed by atoms with Gasteiger partial charge in [-0.3, -0.25) is 9.40 Å². The van der Waals surface area contributed by atoms with E-state index < -0.39 is 10.0 Å². The van der Waals surface area contributed by atoms with Gasteiger partial charge in [-0.1, -0.05) is 29.8 Å². The number of benzene rings is 2. The van der Waals surface area contributed by atoms with E-state index >= 15 is 0 Å². The molecule has 0 atom stereocenters. The highest BCUT2D eigenvalue weighted by atomic mass is 32.2. The Morgan fingerprint density at radius 1 is 1.20 bits per heavy atom. The lowest BCUT2D eigenvalue weighted by Crippen LogP contribution is -2.12. The molecule has 0 aliphatic heterocycles. The zero-order valence-electron chi connectivity index (χ0n) is 13.5. The van der Waals surface area contributed by atoms with Crippen molar-refractivity contribution in [2.24, 2.45) is 0 Å². The zero-order valence-corrected chi connectivity index (χ0v) is 14.4. The maximum absolute atomic E-state index is 12.4. The molecule has 1 heterocycles. The molecule has 1 N–H and O–H groups in total. The molecule has 0 saturated heterocycles. The van der Waals surface area contributed by atoms with E-state index in [1.807, 2.05) is 13.0 Å². The largest absolute Gasteiger partial charge is 0.276 e. The third-order valence-electron chi connectivity index (χ3n) is 3.62. The molecule has 25 heavy (non-hydrogen) atoms. The first-order valence-electron chi connectivity index (χ1n) is 7.57. The van der Waals surface area contributed by atoms with Crippen LogP contribution in [0.1, 0.15) is 16.7 Å². The van der Waals surface area contributed by atoms with Crippen molar-refractivity contribution in [1.82, 2.24) is 9.78 Å². The molecule has 0 unspecified atom stereocenters. The Balaban J connectivity index is 1.75. The van der Waals surface area contributed by atoms with Crippen molar-refractivity contribution in [1.29, 1.82) is 5.26 Å². The highest BCUT2D eigenvalue weighted by molar-refractivity contribution is 7.92. The highest BCUT2D eigenvalue weighted by Gasteiger charge is 2.14. The molecule has 0 bridgehead atoms. The van der Waals surface area contributed by atoms with Gasteiger partial charge in [0.2, 0.25) is 0 Å². The van der Waals surface area contributed by atoms with Crippen molar-refractivity contribution in [3.05, 3.63) is 77.6 Å². The topological polar surface area (TPSA) is 87.8 Å². The van der Waals surface area contributed by atoms with Crippen molar-refractivity contribution < 1.29 is 8.42 Å². The van der Waals surface area contributed by atoms with Crippen LogP contribution in [0.3, 0.4) is 0 Å². The molecule has 2 aromatic carbocycles. The molecule has 0 radical (unpaired) electrons. The van der Waals surface area contributed by atoms with E-state index in [-0.39, 0.29) is 4.90 Å². The second-order valence-corrected chi connectivity index (χ2v) is 7.34. The normalized spacial score (nSPS) is 11.0. The Labute approximate surface area is 146 Å². The van der Waals surface area contributed by atoms with Crippen LogP contribution in [0.5, 0.6) is 0 Å². The van der Waals surface area contributed by atoms with Gasteiger partial charge < -0.3 is 0 Å². The lowest BCUT2D eigenvalue weighted by atomic mass is 10.1. The summed E-state index contributed by atoms with van der Waals surface area (Å²) in [4.78, 5) is 0.201.